The standard InChI is InChI=1S/C12H18N2O5/c15-9(16)5-8(10(17)18)14-11(19)13-6-12(3-4-12)7-1-2-7/h7-8H,1-6H2,(H,15,16)(H,17,18)(H2,13,14,19)/t8-/m0/s1. The molecule has 2 aliphatic carbocycles. The van der Waals surface area contributed by atoms with Crippen molar-refractivity contribution in [1.29, 1.82) is 0 Å². The smallest absolute Gasteiger partial charge is 0.326 e. The first-order valence-corrected chi connectivity index (χ1v) is 6.42. The first-order chi connectivity index (χ1) is 8.93. The van der Waals surface area contributed by atoms with Crippen molar-refractivity contribution in [2.75, 3.05) is 6.54 Å². The van der Waals surface area contributed by atoms with Gasteiger partial charge in [-0.25, -0.2) is 9.59 Å². The SMILES string of the molecule is O=C(O)C[C@H](NC(=O)NCC1(C2CC2)CC1)C(=O)O. The van der Waals surface area contributed by atoms with E-state index in [9.17, 15) is 14.4 Å². The van der Waals surface area contributed by atoms with Crippen molar-refractivity contribution >= 4 is 18.0 Å². The second-order valence-electron chi connectivity index (χ2n) is 5.45. The molecule has 4 N–H and O–H groups in total. The molecule has 0 saturated heterocycles. The number of rotatable bonds is 7. The predicted molar refractivity (Wildman–Crippen MR) is 64.6 cm³/mol. The van der Waals surface area contributed by atoms with Gasteiger partial charge in [-0.1, -0.05) is 0 Å². The molecule has 0 spiro atoms. The Bertz CT molecular complexity index is 401. The Kier molecular flexibility index (Phi) is 3.64. The van der Waals surface area contributed by atoms with Crippen molar-refractivity contribution in [3.05, 3.63) is 0 Å². The molecule has 2 aliphatic rings. The van der Waals surface area contributed by atoms with Crippen LogP contribution in [0.1, 0.15) is 32.1 Å². The Morgan fingerprint density at radius 3 is 2.26 bits per heavy atom. The zero-order valence-corrected chi connectivity index (χ0v) is 10.5. The number of carbonyl (C=O) groups is 3. The van der Waals surface area contributed by atoms with Crippen LogP contribution in [0.25, 0.3) is 0 Å². The number of carbonyl (C=O) groups excluding carboxylic acids is 1. The summed E-state index contributed by atoms with van der Waals surface area (Å²) in [6.45, 7) is 0.545. The second kappa shape index (κ2) is 5.07. The normalized spacial score (nSPS) is 21.3. The van der Waals surface area contributed by atoms with Gasteiger partial charge in [0.25, 0.3) is 0 Å². The maximum atomic E-state index is 11.6. The highest BCUT2D eigenvalue weighted by Crippen LogP contribution is 2.60. The van der Waals surface area contributed by atoms with Crippen LogP contribution in [-0.4, -0.2) is 40.8 Å². The van der Waals surface area contributed by atoms with E-state index >= 15 is 0 Å². The van der Waals surface area contributed by atoms with Crippen molar-refractivity contribution in [2.45, 2.75) is 38.1 Å². The van der Waals surface area contributed by atoms with E-state index in [4.69, 9.17) is 10.2 Å². The fraction of sp³-hybridized carbons (Fsp3) is 0.750. The molecule has 0 unspecified atom stereocenters. The second-order valence-corrected chi connectivity index (χ2v) is 5.45. The van der Waals surface area contributed by atoms with Gasteiger partial charge in [-0.15, -0.1) is 0 Å². The molecule has 0 aliphatic heterocycles. The van der Waals surface area contributed by atoms with Crippen molar-refractivity contribution in [3.63, 3.8) is 0 Å². The first-order valence-electron chi connectivity index (χ1n) is 6.42. The van der Waals surface area contributed by atoms with Crippen LogP contribution >= 0.6 is 0 Å². The summed E-state index contributed by atoms with van der Waals surface area (Å²) >= 11 is 0. The van der Waals surface area contributed by atoms with Crippen LogP contribution in [-0.2, 0) is 9.59 Å². The number of amides is 2. The van der Waals surface area contributed by atoms with E-state index in [2.05, 4.69) is 10.6 Å². The summed E-state index contributed by atoms with van der Waals surface area (Å²) in [5.41, 5.74) is 0.225. The Labute approximate surface area is 110 Å². The van der Waals surface area contributed by atoms with Crippen molar-refractivity contribution in [2.24, 2.45) is 11.3 Å². The molecule has 2 saturated carbocycles. The zero-order valence-electron chi connectivity index (χ0n) is 10.5. The number of hydrogen-bond donors (Lipinski definition) is 4. The monoisotopic (exact) mass is 270 g/mol. The maximum Gasteiger partial charge on any atom is 0.326 e. The van der Waals surface area contributed by atoms with Gasteiger partial charge in [-0.05, 0) is 37.0 Å². The third-order valence-corrected chi connectivity index (χ3v) is 3.92. The summed E-state index contributed by atoms with van der Waals surface area (Å²) in [5, 5.41) is 22.2. The highest BCUT2D eigenvalue weighted by atomic mass is 16.4. The average molecular weight is 270 g/mol. The Hall–Kier alpha value is -1.79. The Morgan fingerprint density at radius 1 is 1.21 bits per heavy atom. The van der Waals surface area contributed by atoms with E-state index in [1.165, 1.54) is 12.8 Å². The van der Waals surface area contributed by atoms with Gasteiger partial charge in [-0.3, -0.25) is 4.79 Å². The number of carboxylic acids is 2. The molecule has 0 heterocycles. The first kappa shape index (κ1) is 13.6. The van der Waals surface area contributed by atoms with Gasteiger partial charge in [0.2, 0.25) is 0 Å². The lowest BCUT2D eigenvalue weighted by molar-refractivity contribution is -0.145. The molecule has 2 amide bonds. The summed E-state index contributed by atoms with van der Waals surface area (Å²) in [7, 11) is 0. The number of carboxylic acid groups (broad SMARTS) is 2. The number of nitrogens with one attached hydrogen (secondary N) is 2. The van der Waals surface area contributed by atoms with Crippen LogP contribution in [0.3, 0.4) is 0 Å². The van der Waals surface area contributed by atoms with Crippen LogP contribution in [0.2, 0.25) is 0 Å². The molecular weight excluding hydrogens is 252 g/mol. The van der Waals surface area contributed by atoms with E-state index in [1.54, 1.807) is 0 Å². The number of aliphatic carboxylic acids is 2. The fourth-order valence-electron chi connectivity index (χ4n) is 2.43. The third kappa shape index (κ3) is 3.59. The number of urea groups is 1. The van der Waals surface area contributed by atoms with Gasteiger partial charge in [-0.2, -0.15) is 0 Å². The number of hydrogen-bond acceptors (Lipinski definition) is 3. The fourth-order valence-corrected chi connectivity index (χ4v) is 2.43. The van der Waals surface area contributed by atoms with Crippen LogP contribution in [0.4, 0.5) is 4.79 Å². The Morgan fingerprint density at radius 2 is 1.84 bits per heavy atom. The molecule has 7 heteroatoms. The zero-order chi connectivity index (χ0) is 14.0. The van der Waals surface area contributed by atoms with Crippen molar-refractivity contribution in [1.82, 2.24) is 10.6 Å². The minimum absolute atomic E-state index is 0.225. The van der Waals surface area contributed by atoms with E-state index in [-0.39, 0.29) is 5.41 Å². The molecule has 0 aromatic carbocycles. The van der Waals surface area contributed by atoms with Gasteiger partial charge < -0.3 is 20.8 Å². The van der Waals surface area contributed by atoms with E-state index in [0.717, 1.165) is 12.8 Å². The molecule has 2 rings (SSSR count). The molecular formula is C12H18N2O5. The van der Waals surface area contributed by atoms with Gasteiger partial charge in [0.15, 0.2) is 0 Å². The maximum absolute atomic E-state index is 11.6. The van der Waals surface area contributed by atoms with Crippen LogP contribution in [0, 0.1) is 11.3 Å². The highest BCUT2D eigenvalue weighted by molar-refractivity contribution is 5.86. The summed E-state index contributed by atoms with van der Waals surface area (Å²) in [5.74, 6) is -1.91. The minimum atomic E-state index is -1.39. The minimum Gasteiger partial charge on any atom is -0.481 e. The lowest BCUT2D eigenvalue weighted by Crippen LogP contribution is -2.48. The molecule has 106 valence electrons. The van der Waals surface area contributed by atoms with E-state index < -0.39 is 30.4 Å². The topological polar surface area (TPSA) is 116 Å². The van der Waals surface area contributed by atoms with Crippen LogP contribution < -0.4 is 10.6 Å². The summed E-state index contributed by atoms with van der Waals surface area (Å²) < 4.78 is 0. The quantitative estimate of drug-likeness (QED) is 0.534. The highest BCUT2D eigenvalue weighted by Gasteiger charge is 2.53. The van der Waals surface area contributed by atoms with E-state index in [0.29, 0.717) is 12.5 Å². The van der Waals surface area contributed by atoms with Gasteiger partial charge in [0.1, 0.15) is 6.04 Å². The molecule has 19 heavy (non-hydrogen) atoms. The summed E-state index contributed by atoms with van der Waals surface area (Å²) in [6, 6.07) is -2.01. The van der Waals surface area contributed by atoms with Gasteiger partial charge >= 0.3 is 18.0 Å². The molecule has 0 aromatic heterocycles. The predicted octanol–water partition coefficient (Wildman–Crippen LogP) is 0.404. The largest absolute Gasteiger partial charge is 0.481 e. The Balaban J connectivity index is 1.76. The molecule has 1 atom stereocenters. The summed E-state index contributed by atoms with van der Waals surface area (Å²) in [4.78, 5) is 32.9. The molecule has 0 aromatic rings. The molecule has 7 nitrogen and oxygen atoms in total. The van der Waals surface area contributed by atoms with Crippen LogP contribution in [0.5, 0.6) is 0 Å². The lowest BCUT2D eigenvalue weighted by atomic mass is 10.0. The van der Waals surface area contributed by atoms with Crippen LogP contribution in [0.15, 0.2) is 0 Å². The van der Waals surface area contributed by atoms with E-state index in [1.807, 2.05) is 0 Å². The lowest BCUT2D eigenvalue weighted by Gasteiger charge is -2.17. The summed E-state index contributed by atoms with van der Waals surface area (Å²) in [6.07, 6.45) is 4.00. The average Bonchev–Trinajstić information content (AvgIpc) is 3.15. The van der Waals surface area contributed by atoms with Crippen molar-refractivity contribution < 1.29 is 24.6 Å². The molecule has 2 fully saturated rings. The van der Waals surface area contributed by atoms with Crippen molar-refractivity contribution in [3.8, 4) is 0 Å². The molecule has 0 radical (unpaired) electrons. The molecule has 0 bridgehead atoms. The third-order valence-electron chi connectivity index (χ3n) is 3.92. The van der Waals surface area contributed by atoms with Gasteiger partial charge in [0.05, 0.1) is 6.42 Å². The van der Waals surface area contributed by atoms with Gasteiger partial charge in [0, 0.05) is 6.54 Å².